The number of aryl methyl sites for hydroxylation is 1. The van der Waals surface area contributed by atoms with Gasteiger partial charge in [-0.2, -0.15) is 0 Å². The first-order chi connectivity index (χ1) is 9.19. The van der Waals surface area contributed by atoms with Crippen LogP contribution in [-0.4, -0.2) is 35.2 Å². The number of rotatable bonds is 5. The average molecular weight is 256 g/mol. The van der Waals surface area contributed by atoms with E-state index >= 15 is 0 Å². The van der Waals surface area contributed by atoms with Crippen molar-refractivity contribution in [3.63, 3.8) is 0 Å². The van der Waals surface area contributed by atoms with Gasteiger partial charge in [0.15, 0.2) is 0 Å². The highest BCUT2D eigenvalue weighted by atomic mass is 16.3. The van der Waals surface area contributed by atoms with Crippen molar-refractivity contribution in [1.82, 2.24) is 9.88 Å². The third-order valence-electron chi connectivity index (χ3n) is 3.07. The Balaban J connectivity index is 2.19. The summed E-state index contributed by atoms with van der Waals surface area (Å²) in [6.45, 7) is 3.78. The normalized spacial score (nSPS) is 10.9. The lowest BCUT2D eigenvalue weighted by Crippen LogP contribution is -2.21. The van der Waals surface area contributed by atoms with E-state index in [0.29, 0.717) is 6.54 Å². The molecule has 100 valence electrons. The number of hydrogen-bond acceptors (Lipinski definition) is 3. The Hall–Kier alpha value is -1.71. The maximum Gasteiger partial charge on any atom is 0.0558 e. The van der Waals surface area contributed by atoms with Crippen LogP contribution in [0.25, 0.3) is 11.1 Å². The lowest BCUT2D eigenvalue weighted by Gasteiger charge is -2.15. The molecule has 0 unspecified atom stereocenters. The minimum Gasteiger partial charge on any atom is -0.395 e. The van der Waals surface area contributed by atoms with Gasteiger partial charge in [0.25, 0.3) is 0 Å². The minimum absolute atomic E-state index is 0.192. The molecule has 1 aromatic carbocycles. The molecule has 0 amide bonds. The van der Waals surface area contributed by atoms with Gasteiger partial charge < -0.3 is 5.11 Å². The van der Waals surface area contributed by atoms with E-state index in [1.165, 1.54) is 16.7 Å². The molecule has 0 atom stereocenters. The Morgan fingerprint density at radius 2 is 2.00 bits per heavy atom. The molecule has 0 bridgehead atoms. The van der Waals surface area contributed by atoms with E-state index in [-0.39, 0.29) is 6.61 Å². The monoisotopic (exact) mass is 256 g/mol. The predicted octanol–water partition coefficient (Wildman–Crippen LogP) is 2.48. The highest BCUT2D eigenvalue weighted by molar-refractivity contribution is 5.63. The van der Waals surface area contributed by atoms with Crippen LogP contribution < -0.4 is 0 Å². The van der Waals surface area contributed by atoms with Crippen LogP contribution in [0.1, 0.15) is 11.1 Å². The first-order valence-corrected chi connectivity index (χ1v) is 6.49. The summed E-state index contributed by atoms with van der Waals surface area (Å²) in [7, 11) is 2.01. The maximum absolute atomic E-state index is 8.93. The maximum atomic E-state index is 8.93. The van der Waals surface area contributed by atoms with Crippen LogP contribution >= 0.6 is 0 Å². The molecule has 0 aliphatic rings. The fourth-order valence-corrected chi connectivity index (χ4v) is 2.12. The van der Waals surface area contributed by atoms with Gasteiger partial charge in [-0.15, -0.1) is 0 Å². The summed E-state index contributed by atoms with van der Waals surface area (Å²) >= 11 is 0. The number of aliphatic hydroxyl groups is 1. The Labute approximate surface area is 114 Å². The van der Waals surface area contributed by atoms with Gasteiger partial charge in [0, 0.05) is 31.0 Å². The molecule has 1 aromatic heterocycles. The van der Waals surface area contributed by atoms with Gasteiger partial charge in [-0.1, -0.05) is 18.2 Å². The van der Waals surface area contributed by atoms with Crippen LogP contribution in [0.15, 0.2) is 42.7 Å². The molecule has 2 rings (SSSR count). The van der Waals surface area contributed by atoms with Gasteiger partial charge in [0.05, 0.1) is 6.61 Å². The summed E-state index contributed by atoms with van der Waals surface area (Å²) in [5.74, 6) is 0. The van der Waals surface area contributed by atoms with Crippen LogP contribution in [0.2, 0.25) is 0 Å². The van der Waals surface area contributed by atoms with Crippen molar-refractivity contribution in [2.24, 2.45) is 0 Å². The van der Waals surface area contributed by atoms with E-state index in [4.69, 9.17) is 5.11 Å². The summed E-state index contributed by atoms with van der Waals surface area (Å²) in [6.07, 6.45) is 3.76. The van der Waals surface area contributed by atoms with Crippen molar-refractivity contribution < 1.29 is 5.11 Å². The highest BCUT2D eigenvalue weighted by Gasteiger charge is 2.03. The smallest absolute Gasteiger partial charge is 0.0558 e. The van der Waals surface area contributed by atoms with Crippen LogP contribution in [0.3, 0.4) is 0 Å². The number of benzene rings is 1. The van der Waals surface area contributed by atoms with Gasteiger partial charge in [-0.3, -0.25) is 9.88 Å². The number of likely N-dealkylation sites (N-methyl/N-ethyl adjacent to an activating group) is 1. The summed E-state index contributed by atoms with van der Waals surface area (Å²) in [5.41, 5.74) is 4.74. The van der Waals surface area contributed by atoms with Crippen molar-refractivity contribution in [2.75, 3.05) is 20.2 Å². The first kappa shape index (κ1) is 13.7. The Bertz CT molecular complexity index is 540. The van der Waals surface area contributed by atoms with E-state index in [1.54, 1.807) is 0 Å². The molecule has 0 saturated carbocycles. The third kappa shape index (κ3) is 3.88. The minimum atomic E-state index is 0.192. The lowest BCUT2D eigenvalue weighted by atomic mass is 10.0. The van der Waals surface area contributed by atoms with Gasteiger partial charge in [0.2, 0.25) is 0 Å². The van der Waals surface area contributed by atoms with Crippen LogP contribution in [0, 0.1) is 6.92 Å². The Kier molecular flexibility index (Phi) is 4.66. The molecular weight excluding hydrogens is 236 g/mol. The largest absolute Gasteiger partial charge is 0.395 e. The predicted molar refractivity (Wildman–Crippen MR) is 77.8 cm³/mol. The summed E-state index contributed by atoms with van der Waals surface area (Å²) in [4.78, 5) is 6.34. The molecule has 0 spiro atoms. The van der Waals surface area contributed by atoms with Crippen molar-refractivity contribution in [1.29, 1.82) is 0 Å². The fraction of sp³-hybridized carbons (Fsp3) is 0.312. The summed E-state index contributed by atoms with van der Waals surface area (Å²) in [5, 5.41) is 8.93. The van der Waals surface area contributed by atoms with Gasteiger partial charge in [0.1, 0.15) is 0 Å². The van der Waals surface area contributed by atoms with Crippen molar-refractivity contribution in [3.8, 4) is 11.1 Å². The number of hydrogen-bond donors (Lipinski definition) is 1. The van der Waals surface area contributed by atoms with E-state index in [1.807, 2.05) is 19.4 Å². The lowest BCUT2D eigenvalue weighted by molar-refractivity contribution is 0.217. The van der Waals surface area contributed by atoms with E-state index < -0.39 is 0 Å². The summed E-state index contributed by atoms with van der Waals surface area (Å²) in [6, 6.07) is 10.6. The molecule has 0 saturated heterocycles. The average Bonchev–Trinajstić information content (AvgIpc) is 2.39. The standard InChI is InChI=1S/C16H20N2O/c1-13-8-16(11-17-10-13)15-5-3-4-14(9-15)12-18(2)6-7-19/h3-5,8-11,19H,6-7,12H2,1-2H3. The highest BCUT2D eigenvalue weighted by Crippen LogP contribution is 2.20. The number of pyridine rings is 1. The molecule has 19 heavy (non-hydrogen) atoms. The first-order valence-electron chi connectivity index (χ1n) is 6.49. The summed E-state index contributed by atoms with van der Waals surface area (Å²) < 4.78 is 0. The third-order valence-corrected chi connectivity index (χ3v) is 3.07. The van der Waals surface area contributed by atoms with Gasteiger partial charge in [-0.25, -0.2) is 0 Å². The van der Waals surface area contributed by atoms with Crippen molar-refractivity contribution >= 4 is 0 Å². The molecule has 2 aromatic rings. The van der Waals surface area contributed by atoms with E-state index in [2.05, 4.69) is 47.1 Å². The number of nitrogens with zero attached hydrogens (tertiary/aromatic N) is 2. The zero-order valence-electron chi connectivity index (χ0n) is 11.5. The zero-order chi connectivity index (χ0) is 13.7. The molecule has 3 heteroatoms. The van der Waals surface area contributed by atoms with Gasteiger partial charge in [-0.05, 0) is 42.8 Å². The topological polar surface area (TPSA) is 36.4 Å². The molecular formula is C16H20N2O. The zero-order valence-corrected chi connectivity index (χ0v) is 11.5. The van der Waals surface area contributed by atoms with E-state index in [0.717, 1.165) is 12.1 Å². The molecule has 0 fully saturated rings. The van der Waals surface area contributed by atoms with Crippen molar-refractivity contribution in [3.05, 3.63) is 53.9 Å². The second kappa shape index (κ2) is 6.45. The van der Waals surface area contributed by atoms with Crippen molar-refractivity contribution in [2.45, 2.75) is 13.5 Å². The number of aromatic nitrogens is 1. The Morgan fingerprint density at radius 1 is 1.16 bits per heavy atom. The van der Waals surface area contributed by atoms with Crippen LogP contribution in [-0.2, 0) is 6.54 Å². The van der Waals surface area contributed by atoms with E-state index in [9.17, 15) is 0 Å². The Morgan fingerprint density at radius 3 is 2.74 bits per heavy atom. The molecule has 1 N–H and O–H groups in total. The molecule has 0 aliphatic carbocycles. The van der Waals surface area contributed by atoms with Crippen LogP contribution in [0.4, 0.5) is 0 Å². The SMILES string of the molecule is Cc1cncc(-c2cccc(CN(C)CCO)c2)c1. The molecule has 3 nitrogen and oxygen atoms in total. The molecule has 1 heterocycles. The second-order valence-corrected chi connectivity index (χ2v) is 4.91. The quantitative estimate of drug-likeness (QED) is 0.893. The molecule has 0 radical (unpaired) electrons. The second-order valence-electron chi connectivity index (χ2n) is 4.91. The number of aliphatic hydroxyl groups excluding tert-OH is 1. The van der Waals surface area contributed by atoms with Gasteiger partial charge >= 0.3 is 0 Å². The fourth-order valence-electron chi connectivity index (χ4n) is 2.12. The van der Waals surface area contributed by atoms with Crippen LogP contribution in [0.5, 0.6) is 0 Å². The molecule has 0 aliphatic heterocycles.